The molecule has 1 aromatic heterocycles. The Bertz CT molecular complexity index is 1470. The third kappa shape index (κ3) is 4.68. The zero-order valence-corrected chi connectivity index (χ0v) is 19.6. The molecule has 0 aliphatic rings. The second kappa shape index (κ2) is 9.14. The predicted molar refractivity (Wildman–Crippen MR) is 137 cm³/mol. The Morgan fingerprint density at radius 3 is 2.37 bits per heavy atom. The molecule has 0 spiro atoms. The molecule has 0 bridgehead atoms. The average molecular weight is 467 g/mol. The van der Waals surface area contributed by atoms with Gasteiger partial charge >= 0.3 is 5.97 Å². The SMILES string of the molecule is CC(C)(Oc1ccccc1CN(Cc1cccc2ccccc12)c1nc2ccccc2o1)C(=O)O. The van der Waals surface area contributed by atoms with Crippen LogP contribution in [-0.4, -0.2) is 21.7 Å². The summed E-state index contributed by atoms with van der Waals surface area (Å²) in [4.78, 5) is 18.5. The summed E-state index contributed by atoms with van der Waals surface area (Å²) in [5.74, 6) is -0.516. The average Bonchev–Trinajstić information content (AvgIpc) is 3.29. The van der Waals surface area contributed by atoms with E-state index in [1.165, 1.54) is 0 Å². The number of nitrogens with zero attached hydrogens (tertiary/aromatic N) is 2. The van der Waals surface area contributed by atoms with Gasteiger partial charge in [-0.05, 0) is 48.4 Å². The number of hydrogen-bond donors (Lipinski definition) is 1. The van der Waals surface area contributed by atoms with E-state index in [1.807, 2.05) is 60.7 Å². The van der Waals surface area contributed by atoms with E-state index in [4.69, 9.17) is 14.1 Å². The van der Waals surface area contributed by atoms with Crippen molar-refractivity contribution in [3.63, 3.8) is 0 Å². The lowest BCUT2D eigenvalue weighted by atomic mass is 10.0. The van der Waals surface area contributed by atoms with Gasteiger partial charge in [-0.15, -0.1) is 0 Å². The van der Waals surface area contributed by atoms with Gasteiger partial charge in [0, 0.05) is 12.1 Å². The maximum absolute atomic E-state index is 11.7. The molecule has 35 heavy (non-hydrogen) atoms. The van der Waals surface area contributed by atoms with Crippen LogP contribution in [-0.2, 0) is 17.9 Å². The first-order valence-electron chi connectivity index (χ1n) is 11.5. The third-order valence-corrected chi connectivity index (χ3v) is 6.01. The number of carbonyl (C=O) groups is 1. The number of aliphatic carboxylic acids is 1. The molecule has 0 atom stereocenters. The molecular formula is C29H26N2O4. The van der Waals surface area contributed by atoms with Crippen LogP contribution in [0.1, 0.15) is 25.0 Å². The Balaban J connectivity index is 1.55. The van der Waals surface area contributed by atoms with E-state index in [0.717, 1.165) is 27.4 Å². The van der Waals surface area contributed by atoms with Crippen LogP contribution in [0.25, 0.3) is 21.9 Å². The maximum Gasteiger partial charge on any atom is 0.347 e. The van der Waals surface area contributed by atoms with Crippen LogP contribution in [0.3, 0.4) is 0 Å². The fourth-order valence-corrected chi connectivity index (χ4v) is 4.08. The molecule has 5 rings (SSSR count). The Labute approximate surface area is 203 Å². The van der Waals surface area contributed by atoms with Gasteiger partial charge in [0.05, 0.1) is 6.54 Å². The molecule has 0 saturated heterocycles. The molecule has 4 aromatic carbocycles. The van der Waals surface area contributed by atoms with Crippen LogP contribution < -0.4 is 9.64 Å². The zero-order chi connectivity index (χ0) is 24.4. The molecule has 6 nitrogen and oxygen atoms in total. The number of hydrogen-bond acceptors (Lipinski definition) is 5. The van der Waals surface area contributed by atoms with Gasteiger partial charge in [0.1, 0.15) is 11.3 Å². The predicted octanol–water partition coefficient (Wildman–Crippen LogP) is 6.43. The lowest BCUT2D eigenvalue weighted by Gasteiger charge is -2.26. The summed E-state index contributed by atoms with van der Waals surface area (Å²) in [6.45, 7) is 4.05. The molecule has 0 saturated carbocycles. The van der Waals surface area contributed by atoms with Crippen molar-refractivity contribution in [3.8, 4) is 5.75 Å². The van der Waals surface area contributed by atoms with Crippen molar-refractivity contribution < 1.29 is 19.1 Å². The van der Waals surface area contributed by atoms with Gasteiger partial charge in [-0.2, -0.15) is 4.98 Å². The minimum Gasteiger partial charge on any atom is -0.478 e. The summed E-state index contributed by atoms with van der Waals surface area (Å²) in [5, 5.41) is 11.9. The van der Waals surface area contributed by atoms with E-state index >= 15 is 0 Å². The van der Waals surface area contributed by atoms with Crippen LogP contribution in [0.2, 0.25) is 0 Å². The van der Waals surface area contributed by atoms with Crippen molar-refractivity contribution in [2.45, 2.75) is 32.5 Å². The van der Waals surface area contributed by atoms with Crippen molar-refractivity contribution in [2.24, 2.45) is 0 Å². The Morgan fingerprint density at radius 1 is 0.886 bits per heavy atom. The summed E-state index contributed by atoms with van der Waals surface area (Å²) in [7, 11) is 0. The molecule has 176 valence electrons. The molecule has 0 aliphatic carbocycles. The molecule has 1 N–H and O–H groups in total. The second-order valence-electron chi connectivity index (χ2n) is 8.98. The Hall–Kier alpha value is -4.32. The number of aromatic nitrogens is 1. The van der Waals surface area contributed by atoms with Gasteiger partial charge in [-0.25, -0.2) is 4.79 Å². The van der Waals surface area contributed by atoms with Gasteiger partial charge < -0.3 is 19.2 Å². The molecule has 0 radical (unpaired) electrons. The maximum atomic E-state index is 11.7. The van der Waals surface area contributed by atoms with Gasteiger partial charge in [0.15, 0.2) is 11.2 Å². The third-order valence-electron chi connectivity index (χ3n) is 6.01. The largest absolute Gasteiger partial charge is 0.478 e. The summed E-state index contributed by atoms with van der Waals surface area (Å²) < 4.78 is 12.1. The first-order valence-corrected chi connectivity index (χ1v) is 11.5. The first-order chi connectivity index (χ1) is 16.9. The molecule has 5 aromatic rings. The summed E-state index contributed by atoms with van der Waals surface area (Å²) in [6, 6.07) is 30.2. The lowest BCUT2D eigenvalue weighted by molar-refractivity contribution is -0.152. The summed E-state index contributed by atoms with van der Waals surface area (Å²) in [5.41, 5.74) is 2.09. The molecular weight excluding hydrogens is 440 g/mol. The highest BCUT2D eigenvalue weighted by molar-refractivity contribution is 5.86. The summed E-state index contributed by atoms with van der Waals surface area (Å²) >= 11 is 0. The number of para-hydroxylation sites is 3. The lowest BCUT2D eigenvalue weighted by Crippen LogP contribution is -2.38. The fourth-order valence-electron chi connectivity index (χ4n) is 4.08. The standard InChI is InChI=1S/C29H26N2O4/c1-29(2,27(32)33)35-25-16-7-4-11-22(25)19-31(28-30-24-15-6-8-17-26(24)34-28)18-21-13-9-12-20-10-3-5-14-23(20)21/h3-17H,18-19H2,1-2H3,(H,32,33). The smallest absolute Gasteiger partial charge is 0.347 e. The molecule has 0 aliphatic heterocycles. The Kier molecular flexibility index (Phi) is 5.87. The topological polar surface area (TPSA) is 75.8 Å². The number of anilines is 1. The van der Waals surface area contributed by atoms with E-state index in [9.17, 15) is 9.90 Å². The van der Waals surface area contributed by atoms with Crippen LogP contribution in [0.4, 0.5) is 6.01 Å². The van der Waals surface area contributed by atoms with Gasteiger partial charge in [-0.1, -0.05) is 72.8 Å². The minimum absolute atomic E-state index is 0.419. The van der Waals surface area contributed by atoms with Crippen molar-refractivity contribution in [1.82, 2.24) is 4.98 Å². The highest BCUT2D eigenvalue weighted by Crippen LogP contribution is 2.30. The first kappa shape index (κ1) is 22.5. The van der Waals surface area contributed by atoms with E-state index in [-0.39, 0.29) is 0 Å². The monoisotopic (exact) mass is 466 g/mol. The van der Waals surface area contributed by atoms with E-state index in [1.54, 1.807) is 19.9 Å². The number of benzene rings is 4. The van der Waals surface area contributed by atoms with E-state index in [0.29, 0.717) is 30.4 Å². The molecule has 1 heterocycles. The number of carboxylic acids is 1. The fraction of sp³-hybridized carbons (Fsp3) is 0.172. The highest BCUT2D eigenvalue weighted by atomic mass is 16.5. The van der Waals surface area contributed by atoms with Crippen LogP contribution >= 0.6 is 0 Å². The number of rotatable bonds is 8. The van der Waals surface area contributed by atoms with Crippen LogP contribution in [0, 0.1) is 0 Å². The quantitative estimate of drug-likeness (QED) is 0.284. The molecule has 0 unspecified atom stereocenters. The van der Waals surface area contributed by atoms with Crippen molar-refractivity contribution in [2.75, 3.05) is 4.90 Å². The number of fused-ring (bicyclic) bond motifs is 2. The van der Waals surface area contributed by atoms with Crippen LogP contribution in [0.15, 0.2) is 95.4 Å². The number of ether oxygens (including phenoxy) is 1. The van der Waals surface area contributed by atoms with Gasteiger partial charge in [0.2, 0.25) is 0 Å². The Morgan fingerprint density at radius 2 is 1.54 bits per heavy atom. The molecule has 0 fully saturated rings. The number of oxazole rings is 1. The van der Waals surface area contributed by atoms with Gasteiger partial charge in [0.25, 0.3) is 6.01 Å². The van der Waals surface area contributed by atoms with Crippen molar-refractivity contribution in [1.29, 1.82) is 0 Å². The summed E-state index contributed by atoms with van der Waals surface area (Å²) in [6.07, 6.45) is 0. The minimum atomic E-state index is -1.37. The second-order valence-corrected chi connectivity index (χ2v) is 8.98. The molecule has 0 amide bonds. The zero-order valence-electron chi connectivity index (χ0n) is 19.6. The normalized spacial score (nSPS) is 11.6. The molecule has 6 heteroatoms. The van der Waals surface area contributed by atoms with Crippen molar-refractivity contribution in [3.05, 3.63) is 102 Å². The van der Waals surface area contributed by atoms with Gasteiger partial charge in [-0.3, -0.25) is 0 Å². The van der Waals surface area contributed by atoms with Crippen LogP contribution in [0.5, 0.6) is 5.75 Å². The number of carboxylic acid groups (broad SMARTS) is 1. The van der Waals surface area contributed by atoms with E-state index in [2.05, 4.69) is 29.2 Å². The van der Waals surface area contributed by atoms with Crippen molar-refractivity contribution >= 4 is 33.9 Å². The highest BCUT2D eigenvalue weighted by Gasteiger charge is 2.30. The van der Waals surface area contributed by atoms with E-state index < -0.39 is 11.6 Å².